The highest BCUT2D eigenvalue weighted by atomic mass is 16.5. The summed E-state index contributed by atoms with van der Waals surface area (Å²) in [5.74, 6) is 2.84. The van der Waals surface area contributed by atoms with E-state index in [0.717, 1.165) is 37.0 Å². The number of allylic oxidation sites excluding steroid dienone is 4. The van der Waals surface area contributed by atoms with Crippen LogP contribution in [0.5, 0.6) is 0 Å². The molecule has 2 heteroatoms. The Kier molecular flexibility index (Phi) is 6.74. The van der Waals surface area contributed by atoms with Crippen LogP contribution < -0.4 is 0 Å². The van der Waals surface area contributed by atoms with Gasteiger partial charge in [-0.05, 0) is 89.6 Å². The molecule has 4 rings (SSSR count). The Hall–Kier alpha value is -1.05. The van der Waals surface area contributed by atoms with Crippen molar-refractivity contribution < 1.29 is 9.53 Å². The Morgan fingerprint density at radius 1 is 1.00 bits per heavy atom. The van der Waals surface area contributed by atoms with Crippen LogP contribution in [-0.2, 0) is 9.53 Å². The van der Waals surface area contributed by atoms with Gasteiger partial charge in [0.05, 0.1) is 0 Å². The van der Waals surface area contributed by atoms with E-state index in [9.17, 15) is 4.79 Å². The molecular formula is C32H52O2. The van der Waals surface area contributed by atoms with Gasteiger partial charge < -0.3 is 4.74 Å². The average molecular weight is 469 g/mol. The van der Waals surface area contributed by atoms with Crippen LogP contribution in [0.25, 0.3) is 0 Å². The van der Waals surface area contributed by atoms with E-state index < -0.39 is 0 Å². The van der Waals surface area contributed by atoms with Crippen molar-refractivity contribution in [2.24, 2.45) is 45.3 Å². The Morgan fingerprint density at radius 2 is 1.71 bits per heavy atom. The van der Waals surface area contributed by atoms with Crippen LogP contribution in [0.4, 0.5) is 0 Å². The van der Waals surface area contributed by atoms with Crippen LogP contribution in [-0.4, -0.2) is 12.1 Å². The molecule has 4 aliphatic carbocycles. The lowest BCUT2D eigenvalue weighted by molar-refractivity contribution is -0.165. The smallest absolute Gasteiger partial charge is 0.302 e. The maximum absolute atomic E-state index is 11.8. The Bertz CT molecular complexity index is 862. The summed E-state index contributed by atoms with van der Waals surface area (Å²) in [5.41, 5.74) is 4.19. The van der Waals surface area contributed by atoms with Crippen molar-refractivity contribution in [1.82, 2.24) is 0 Å². The number of hydrogen-bond acceptors (Lipinski definition) is 2. The number of ether oxygens (including phenoxy) is 1. The van der Waals surface area contributed by atoms with E-state index in [4.69, 9.17) is 4.74 Å². The van der Waals surface area contributed by atoms with Gasteiger partial charge in [-0.15, -0.1) is 0 Å². The zero-order valence-electron chi connectivity index (χ0n) is 23.7. The summed E-state index contributed by atoms with van der Waals surface area (Å²) in [7, 11) is 0. The zero-order valence-corrected chi connectivity index (χ0v) is 23.7. The van der Waals surface area contributed by atoms with E-state index in [-0.39, 0.29) is 22.9 Å². The molecule has 0 amide bonds. The fourth-order valence-corrected chi connectivity index (χ4v) is 9.39. The lowest BCUT2D eigenvalue weighted by Crippen LogP contribution is -2.55. The Morgan fingerprint density at radius 3 is 2.35 bits per heavy atom. The minimum Gasteiger partial charge on any atom is -0.462 e. The van der Waals surface area contributed by atoms with Crippen molar-refractivity contribution in [3.63, 3.8) is 0 Å². The van der Waals surface area contributed by atoms with Crippen molar-refractivity contribution in [2.45, 2.75) is 126 Å². The molecule has 0 aromatic carbocycles. The van der Waals surface area contributed by atoms with Gasteiger partial charge in [-0.25, -0.2) is 0 Å². The zero-order chi connectivity index (χ0) is 25.1. The number of carbonyl (C=O) groups is 1. The lowest BCUT2D eigenvalue weighted by Gasteiger charge is -2.61. The van der Waals surface area contributed by atoms with Crippen molar-refractivity contribution >= 4 is 5.97 Å². The van der Waals surface area contributed by atoms with Crippen LogP contribution in [0.3, 0.4) is 0 Å². The maximum Gasteiger partial charge on any atom is 0.302 e. The monoisotopic (exact) mass is 468 g/mol. The molecule has 34 heavy (non-hydrogen) atoms. The molecule has 0 spiro atoms. The van der Waals surface area contributed by atoms with Crippen molar-refractivity contribution in [1.29, 1.82) is 0 Å². The largest absolute Gasteiger partial charge is 0.462 e. The Balaban J connectivity index is 1.62. The summed E-state index contributed by atoms with van der Waals surface area (Å²) in [6.07, 6.45) is 16.7. The second-order valence-corrected chi connectivity index (χ2v) is 14.3. The molecule has 0 N–H and O–H groups in total. The third-order valence-corrected chi connectivity index (χ3v) is 11.7. The first kappa shape index (κ1) is 26.0. The molecule has 2 saturated carbocycles. The standard InChI is InChI=1S/C32H52O2/c1-21(2)11-10-12-22(3)24-15-19-32(9)26-13-14-27-29(5,6)28(34-23(4)33)17-18-30(27,7)25(26)16-20-31(24,32)8/h13,16,21-22,24,27-28H,10-12,14-15,17-20H2,1-9H3/t22-,24+,27+,28+,30-,31+,32-/m1/s1. The Labute approximate surface area is 210 Å². The number of hydrogen-bond donors (Lipinski definition) is 0. The fourth-order valence-electron chi connectivity index (χ4n) is 9.39. The predicted molar refractivity (Wildman–Crippen MR) is 142 cm³/mol. The summed E-state index contributed by atoms with van der Waals surface area (Å²) >= 11 is 0. The van der Waals surface area contributed by atoms with Crippen LogP contribution in [0, 0.1) is 45.3 Å². The molecule has 2 fully saturated rings. The highest BCUT2D eigenvalue weighted by Crippen LogP contribution is 2.71. The normalized spacial score (nSPS) is 41.6. The lowest BCUT2D eigenvalue weighted by atomic mass is 9.44. The maximum atomic E-state index is 11.8. The number of esters is 1. The number of carbonyl (C=O) groups excluding carboxylic acids is 1. The molecule has 0 aromatic heterocycles. The van der Waals surface area contributed by atoms with E-state index >= 15 is 0 Å². The molecule has 0 aliphatic heterocycles. The van der Waals surface area contributed by atoms with Crippen molar-refractivity contribution in [3.05, 3.63) is 23.3 Å². The first-order valence-electron chi connectivity index (χ1n) is 14.4. The number of rotatable bonds is 6. The molecule has 0 saturated heterocycles. The van der Waals surface area contributed by atoms with E-state index in [0.29, 0.717) is 16.7 Å². The van der Waals surface area contributed by atoms with Gasteiger partial charge in [0.15, 0.2) is 0 Å². The molecule has 0 unspecified atom stereocenters. The van der Waals surface area contributed by atoms with Crippen molar-refractivity contribution in [2.75, 3.05) is 0 Å². The van der Waals surface area contributed by atoms with Crippen LogP contribution >= 0.6 is 0 Å². The van der Waals surface area contributed by atoms with Crippen molar-refractivity contribution in [3.8, 4) is 0 Å². The second-order valence-electron chi connectivity index (χ2n) is 14.3. The molecule has 4 aliphatic rings. The molecule has 0 bridgehead atoms. The van der Waals surface area contributed by atoms with Gasteiger partial charge in [0.25, 0.3) is 0 Å². The van der Waals surface area contributed by atoms with Gasteiger partial charge >= 0.3 is 5.97 Å². The molecule has 192 valence electrons. The summed E-state index contributed by atoms with van der Waals surface area (Å²) in [5, 5.41) is 0. The van der Waals surface area contributed by atoms with Gasteiger partial charge in [-0.2, -0.15) is 0 Å². The quantitative estimate of drug-likeness (QED) is 0.364. The van der Waals surface area contributed by atoms with Crippen LogP contribution in [0.15, 0.2) is 23.3 Å². The topological polar surface area (TPSA) is 26.3 Å². The minimum atomic E-state index is -0.131. The molecule has 0 heterocycles. The van der Waals surface area contributed by atoms with Gasteiger partial charge in [-0.1, -0.05) is 86.8 Å². The van der Waals surface area contributed by atoms with E-state index in [1.807, 2.05) is 0 Å². The summed E-state index contributed by atoms with van der Waals surface area (Å²) in [4.78, 5) is 11.8. The summed E-state index contributed by atoms with van der Waals surface area (Å²) < 4.78 is 5.85. The van der Waals surface area contributed by atoms with Gasteiger partial charge in [0, 0.05) is 12.3 Å². The molecule has 2 nitrogen and oxygen atoms in total. The SMILES string of the molecule is CC(=O)O[C@H]1CC[C@]2(C)C3=CC[C@@]4(C)[C@H]([C@H](C)CCCC(C)C)CC[C@]4(C)C3=CC[C@H]2C1(C)C. The summed E-state index contributed by atoms with van der Waals surface area (Å²) in [6, 6.07) is 0. The minimum absolute atomic E-state index is 0.00760. The highest BCUT2D eigenvalue weighted by molar-refractivity contribution is 5.66. The van der Waals surface area contributed by atoms with E-state index in [1.165, 1.54) is 38.5 Å². The van der Waals surface area contributed by atoms with Crippen LogP contribution in [0.1, 0.15) is 120 Å². The van der Waals surface area contributed by atoms with Gasteiger partial charge in [0.1, 0.15) is 6.10 Å². The molecule has 7 atom stereocenters. The summed E-state index contributed by atoms with van der Waals surface area (Å²) in [6.45, 7) is 21.3. The first-order valence-corrected chi connectivity index (χ1v) is 14.4. The first-order chi connectivity index (χ1) is 15.8. The highest BCUT2D eigenvalue weighted by Gasteiger charge is 2.63. The van der Waals surface area contributed by atoms with Gasteiger partial charge in [-0.3, -0.25) is 4.79 Å². The molecule has 0 radical (unpaired) electrons. The van der Waals surface area contributed by atoms with Gasteiger partial charge in [0.2, 0.25) is 0 Å². The van der Waals surface area contributed by atoms with E-state index in [2.05, 4.69) is 67.5 Å². The predicted octanol–water partition coefficient (Wildman–Crippen LogP) is 8.91. The van der Waals surface area contributed by atoms with Crippen LogP contribution in [0.2, 0.25) is 0 Å². The molecule has 0 aromatic rings. The third kappa shape index (κ3) is 3.85. The second kappa shape index (κ2) is 8.81. The average Bonchev–Trinajstić information content (AvgIpc) is 3.01. The molecular weight excluding hydrogens is 416 g/mol. The fraction of sp³-hybridized carbons (Fsp3) is 0.844. The number of fused-ring (bicyclic) bond motifs is 5. The van der Waals surface area contributed by atoms with E-state index in [1.54, 1.807) is 18.1 Å². The third-order valence-electron chi connectivity index (χ3n) is 11.7.